The second kappa shape index (κ2) is 6.68. The molecular formula is C16H20N2O7. The minimum atomic E-state index is -1.79. The van der Waals surface area contributed by atoms with Crippen LogP contribution in [0.5, 0.6) is 0 Å². The van der Waals surface area contributed by atoms with Crippen LogP contribution >= 0.6 is 0 Å². The van der Waals surface area contributed by atoms with E-state index in [0.717, 1.165) is 5.56 Å². The third kappa shape index (κ3) is 3.23. The van der Waals surface area contributed by atoms with E-state index in [1.54, 1.807) is 30.4 Å². The molecule has 0 radical (unpaired) electrons. The van der Waals surface area contributed by atoms with Crippen LogP contribution in [0, 0.1) is 0 Å². The zero-order valence-electron chi connectivity index (χ0n) is 13.6. The third-order valence-electron chi connectivity index (χ3n) is 4.77. The molecule has 1 aromatic rings. The van der Waals surface area contributed by atoms with Crippen molar-refractivity contribution in [1.29, 1.82) is 0 Å². The standard InChI is InChI=1S/C16H20N2O7/c1-17-6-9(5-10(17)19)8-3-2-4-18(7-8)15-13(22)11(20)12(21)14(25-15)16(23)24/h2-4,7,9,11-15,20-22H,5-6H2,1H3/t9-,11+,12+,13-,14+,15-/m1/s1. The monoisotopic (exact) mass is 352 g/mol. The Morgan fingerprint density at radius 1 is 1.32 bits per heavy atom. The zero-order valence-corrected chi connectivity index (χ0v) is 13.6. The number of carbonyl (C=O) groups excluding carboxylic acids is 2. The van der Waals surface area contributed by atoms with E-state index in [1.807, 2.05) is 6.07 Å². The molecule has 2 aliphatic rings. The van der Waals surface area contributed by atoms with Gasteiger partial charge in [0.05, 0.1) is 5.97 Å². The maximum atomic E-state index is 11.7. The number of likely N-dealkylation sites (tertiary alicyclic amines) is 1. The van der Waals surface area contributed by atoms with E-state index in [2.05, 4.69) is 0 Å². The number of nitrogens with zero attached hydrogens (tertiary/aromatic N) is 2. The molecule has 6 atom stereocenters. The van der Waals surface area contributed by atoms with Crippen LogP contribution in [0.1, 0.15) is 24.1 Å². The molecule has 3 N–H and O–H groups in total. The van der Waals surface area contributed by atoms with Crippen molar-refractivity contribution in [1.82, 2.24) is 4.90 Å². The predicted octanol–water partition coefficient (Wildman–Crippen LogP) is -3.35. The molecule has 0 spiro atoms. The number of aliphatic hydroxyl groups is 3. The van der Waals surface area contributed by atoms with Crippen molar-refractivity contribution in [2.75, 3.05) is 13.6 Å². The maximum Gasteiger partial charge on any atom is 0.292 e. The Morgan fingerprint density at radius 3 is 2.64 bits per heavy atom. The van der Waals surface area contributed by atoms with E-state index in [4.69, 9.17) is 4.74 Å². The number of hydrogen-bond donors (Lipinski definition) is 3. The molecule has 3 rings (SSSR count). The number of aromatic nitrogens is 1. The van der Waals surface area contributed by atoms with Crippen molar-refractivity contribution in [2.24, 2.45) is 0 Å². The van der Waals surface area contributed by atoms with E-state index < -0.39 is 36.6 Å². The lowest BCUT2D eigenvalue weighted by Crippen LogP contribution is -2.65. The Kier molecular flexibility index (Phi) is 4.74. The molecule has 2 aliphatic heterocycles. The fourth-order valence-corrected chi connectivity index (χ4v) is 3.30. The molecule has 1 amide bonds. The fraction of sp³-hybridized carbons (Fsp3) is 0.562. The molecule has 2 fully saturated rings. The van der Waals surface area contributed by atoms with Gasteiger partial charge in [-0.3, -0.25) is 4.79 Å². The second-order valence-corrected chi connectivity index (χ2v) is 6.50. The van der Waals surface area contributed by atoms with Gasteiger partial charge in [-0.05, 0) is 6.07 Å². The summed E-state index contributed by atoms with van der Waals surface area (Å²) in [5, 5.41) is 40.9. The maximum absolute atomic E-state index is 11.7. The summed E-state index contributed by atoms with van der Waals surface area (Å²) in [5.41, 5.74) is 0.821. The van der Waals surface area contributed by atoms with Crippen molar-refractivity contribution in [2.45, 2.75) is 43.0 Å². The minimum Gasteiger partial charge on any atom is -0.547 e. The first-order valence-corrected chi connectivity index (χ1v) is 7.94. The van der Waals surface area contributed by atoms with Crippen molar-refractivity contribution < 1.29 is 39.3 Å². The van der Waals surface area contributed by atoms with E-state index in [9.17, 15) is 30.0 Å². The first-order chi connectivity index (χ1) is 11.8. The van der Waals surface area contributed by atoms with Crippen molar-refractivity contribution >= 4 is 11.9 Å². The van der Waals surface area contributed by atoms with Gasteiger partial charge in [0.2, 0.25) is 5.91 Å². The quantitative estimate of drug-likeness (QED) is 0.484. The lowest BCUT2D eigenvalue weighted by atomic mass is 9.97. The van der Waals surface area contributed by atoms with Gasteiger partial charge in [-0.1, -0.05) is 0 Å². The van der Waals surface area contributed by atoms with Crippen LogP contribution in [-0.4, -0.2) is 70.1 Å². The molecule has 9 nitrogen and oxygen atoms in total. The second-order valence-electron chi connectivity index (χ2n) is 6.50. The molecule has 0 unspecified atom stereocenters. The summed E-state index contributed by atoms with van der Waals surface area (Å²) in [7, 11) is 1.72. The smallest absolute Gasteiger partial charge is 0.292 e. The first-order valence-electron chi connectivity index (χ1n) is 7.94. The van der Waals surface area contributed by atoms with Gasteiger partial charge in [-0.25, -0.2) is 0 Å². The largest absolute Gasteiger partial charge is 0.547 e. The minimum absolute atomic E-state index is 0.0295. The van der Waals surface area contributed by atoms with Gasteiger partial charge in [-0.15, -0.1) is 0 Å². The Balaban J connectivity index is 1.87. The van der Waals surface area contributed by atoms with Crippen LogP contribution < -0.4 is 9.67 Å². The topological polar surface area (TPSA) is 134 Å². The lowest BCUT2D eigenvalue weighted by molar-refractivity contribution is -0.777. The summed E-state index contributed by atoms with van der Waals surface area (Å²) in [6.07, 6.45) is -4.44. The molecule has 0 aliphatic carbocycles. The lowest BCUT2D eigenvalue weighted by Gasteiger charge is -2.37. The number of carboxylic acid groups (broad SMARTS) is 1. The first kappa shape index (κ1) is 17.7. The average molecular weight is 352 g/mol. The Labute approximate surface area is 143 Å². The molecule has 3 heterocycles. The number of hydrogen-bond acceptors (Lipinski definition) is 7. The molecule has 0 saturated carbocycles. The fourth-order valence-electron chi connectivity index (χ4n) is 3.30. The van der Waals surface area contributed by atoms with E-state index >= 15 is 0 Å². The van der Waals surface area contributed by atoms with Crippen molar-refractivity contribution in [3.8, 4) is 0 Å². The summed E-state index contributed by atoms with van der Waals surface area (Å²) in [4.78, 5) is 24.4. The van der Waals surface area contributed by atoms with Crippen LogP contribution in [0.15, 0.2) is 24.5 Å². The molecule has 9 heteroatoms. The SMILES string of the molecule is CN1C[C@H](c2ccc[n+]([C@@H]3O[C@H](C(=O)[O-])[C@@H](O)[C@H](O)[C@H]3O)c2)CC1=O. The Morgan fingerprint density at radius 2 is 2.04 bits per heavy atom. The van der Waals surface area contributed by atoms with Crippen molar-refractivity contribution in [3.05, 3.63) is 30.1 Å². The predicted molar refractivity (Wildman–Crippen MR) is 78.6 cm³/mol. The summed E-state index contributed by atoms with van der Waals surface area (Å²) >= 11 is 0. The highest BCUT2D eigenvalue weighted by Crippen LogP contribution is 2.28. The number of aliphatic carboxylic acids is 1. The number of ether oxygens (including phenoxy) is 1. The molecule has 136 valence electrons. The normalized spacial score (nSPS) is 35.8. The molecular weight excluding hydrogens is 332 g/mol. The van der Waals surface area contributed by atoms with Crippen LogP contribution in [0.25, 0.3) is 0 Å². The van der Waals surface area contributed by atoms with Gasteiger partial charge in [0.15, 0.2) is 18.5 Å². The molecule has 1 aromatic heterocycles. The van der Waals surface area contributed by atoms with Crippen LogP contribution in [0.2, 0.25) is 0 Å². The summed E-state index contributed by atoms with van der Waals surface area (Å²) in [6, 6.07) is 3.50. The third-order valence-corrected chi connectivity index (χ3v) is 4.77. The average Bonchev–Trinajstić information content (AvgIpc) is 2.92. The Bertz CT molecular complexity index is 682. The number of carbonyl (C=O) groups is 2. The molecule has 2 saturated heterocycles. The molecule has 0 aromatic carbocycles. The van der Waals surface area contributed by atoms with E-state index in [1.165, 1.54) is 4.57 Å². The van der Waals surface area contributed by atoms with E-state index in [0.29, 0.717) is 13.0 Å². The number of aliphatic hydroxyl groups excluding tert-OH is 3. The Hall–Kier alpha value is -2.07. The van der Waals surface area contributed by atoms with Crippen LogP contribution in [0.3, 0.4) is 0 Å². The van der Waals surface area contributed by atoms with Crippen LogP contribution in [0.4, 0.5) is 0 Å². The number of amides is 1. The zero-order chi connectivity index (χ0) is 18.3. The summed E-state index contributed by atoms with van der Waals surface area (Å²) < 4.78 is 6.68. The van der Waals surface area contributed by atoms with Gasteiger partial charge in [0, 0.05) is 37.6 Å². The number of rotatable bonds is 3. The van der Waals surface area contributed by atoms with Crippen LogP contribution in [-0.2, 0) is 14.3 Å². The van der Waals surface area contributed by atoms with Crippen molar-refractivity contribution in [3.63, 3.8) is 0 Å². The van der Waals surface area contributed by atoms with Gasteiger partial charge < -0.3 is 34.9 Å². The highest BCUT2D eigenvalue weighted by Gasteiger charge is 2.49. The molecule has 25 heavy (non-hydrogen) atoms. The highest BCUT2D eigenvalue weighted by molar-refractivity contribution is 5.79. The number of carboxylic acids is 1. The number of pyridine rings is 1. The van der Waals surface area contributed by atoms with Gasteiger partial charge in [0.25, 0.3) is 6.23 Å². The van der Waals surface area contributed by atoms with Gasteiger partial charge in [-0.2, -0.15) is 4.57 Å². The number of likely N-dealkylation sites (N-methyl/N-ethyl adjacent to an activating group) is 1. The summed E-state index contributed by atoms with van der Waals surface area (Å²) in [6.45, 7) is 0.555. The summed E-state index contributed by atoms with van der Waals surface area (Å²) in [5.74, 6) is -1.67. The highest BCUT2D eigenvalue weighted by atomic mass is 16.6. The van der Waals surface area contributed by atoms with Gasteiger partial charge in [0.1, 0.15) is 18.3 Å². The van der Waals surface area contributed by atoms with E-state index in [-0.39, 0.29) is 11.8 Å². The van der Waals surface area contributed by atoms with Gasteiger partial charge >= 0.3 is 0 Å². The molecule has 0 bridgehead atoms.